The number of hydrogen-bond acceptors (Lipinski definition) is 6. The number of nitrogens with zero attached hydrogens (tertiary/aromatic N) is 5. The Kier molecular flexibility index (Phi) is 5.74. The van der Waals surface area contributed by atoms with E-state index < -0.39 is 11.9 Å². The maximum Gasteiger partial charge on any atom is 0.433 e. The van der Waals surface area contributed by atoms with Gasteiger partial charge in [0.25, 0.3) is 5.78 Å². The van der Waals surface area contributed by atoms with Crippen molar-refractivity contribution in [2.45, 2.75) is 38.4 Å². The van der Waals surface area contributed by atoms with Gasteiger partial charge in [0.1, 0.15) is 6.33 Å². The van der Waals surface area contributed by atoms with Crippen LogP contribution < -0.4 is 9.47 Å². The first-order valence-electron chi connectivity index (χ1n) is 10.0. The molecule has 1 aliphatic heterocycles. The first-order valence-corrected chi connectivity index (χ1v) is 10.0. The minimum absolute atomic E-state index is 0.0202. The van der Waals surface area contributed by atoms with Gasteiger partial charge in [0.05, 0.1) is 14.2 Å². The van der Waals surface area contributed by atoms with E-state index in [-0.39, 0.29) is 11.7 Å². The summed E-state index contributed by atoms with van der Waals surface area (Å²) in [7, 11) is 3.22. The second-order valence-electron chi connectivity index (χ2n) is 7.72. The number of alkyl halides is 3. The van der Waals surface area contributed by atoms with Crippen LogP contribution in [-0.4, -0.2) is 51.8 Å². The van der Waals surface area contributed by atoms with Crippen molar-refractivity contribution in [3.63, 3.8) is 0 Å². The quantitative estimate of drug-likeness (QED) is 0.607. The fourth-order valence-electron chi connectivity index (χ4n) is 4.06. The Labute approximate surface area is 177 Å². The molecule has 10 heteroatoms. The summed E-state index contributed by atoms with van der Waals surface area (Å²) in [5, 5.41) is 3.66. The van der Waals surface area contributed by atoms with Crippen molar-refractivity contribution < 1.29 is 22.6 Å². The van der Waals surface area contributed by atoms with Crippen LogP contribution in [0.2, 0.25) is 0 Å². The number of rotatable bonds is 5. The van der Waals surface area contributed by atoms with E-state index in [1.165, 1.54) is 0 Å². The lowest BCUT2D eigenvalue weighted by atomic mass is 9.92. The van der Waals surface area contributed by atoms with Crippen molar-refractivity contribution in [3.05, 3.63) is 47.0 Å². The molecule has 1 saturated heterocycles. The highest BCUT2D eigenvalue weighted by molar-refractivity contribution is 5.47. The Balaban J connectivity index is 1.48. The zero-order chi connectivity index (χ0) is 22.2. The van der Waals surface area contributed by atoms with E-state index in [4.69, 9.17) is 9.47 Å². The zero-order valence-corrected chi connectivity index (χ0v) is 17.6. The molecule has 166 valence electrons. The number of likely N-dealkylation sites (tertiary alicyclic amines) is 1. The summed E-state index contributed by atoms with van der Waals surface area (Å²) in [6.07, 6.45) is -1.98. The molecule has 0 atom stereocenters. The van der Waals surface area contributed by atoms with Crippen molar-refractivity contribution >= 4 is 5.78 Å². The molecular formula is C21H24F3N5O2. The standard InChI is InChI=1S/C21H24F3N5O2/c1-13-8-17(30-2)18(31-3)9-15(13)11-28-6-4-14(5-7-28)16-10-19(21(22,23)24)29-20(27-16)25-12-26-29/h8-10,12,14H,4-7,11H2,1-3H3. The van der Waals surface area contributed by atoms with Crippen molar-refractivity contribution in [3.8, 4) is 11.5 Å². The molecule has 0 unspecified atom stereocenters. The van der Waals surface area contributed by atoms with E-state index >= 15 is 0 Å². The summed E-state index contributed by atoms with van der Waals surface area (Å²) in [4.78, 5) is 10.5. The fraction of sp³-hybridized carbons (Fsp3) is 0.476. The molecule has 0 spiro atoms. The summed E-state index contributed by atoms with van der Waals surface area (Å²) in [5.74, 6) is 1.31. The molecule has 0 N–H and O–H groups in total. The van der Waals surface area contributed by atoms with E-state index in [1.54, 1.807) is 14.2 Å². The molecule has 1 aromatic carbocycles. The van der Waals surface area contributed by atoms with Crippen molar-refractivity contribution in [2.75, 3.05) is 27.3 Å². The molecular weight excluding hydrogens is 411 g/mol. The number of hydrogen-bond donors (Lipinski definition) is 0. The second-order valence-corrected chi connectivity index (χ2v) is 7.72. The monoisotopic (exact) mass is 435 g/mol. The number of halogens is 3. The van der Waals surface area contributed by atoms with Gasteiger partial charge in [-0.05, 0) is 62.2 Å². The molecule has 0 amide bonds. The van der Waals surface area contributed by atoms with Gasteiger partial charge in [-0.15, -0.1) is 0 Å². The minimum Gasteiger partial charge on any atom is -0.493 e. The summed E-state index contributed by atoms with van der Waals surface area (Å²) in [6, 6.07) is 5.05. The highest BCUT2D eigenvalue weighted by Crippen LogP contribution is 2.35. The van der Waals surface area contributed by atoms with Gasteiger partial charge >= 0.3 is 6.18 Å². The first-order chi connectivity index (χ1) is 14.8. The van der Waals surface area contributed by atoms with Gasteiger partial charge in [-0.25, -0.2) is 4.98 Å². The first kappa shape index (κ1) is 21.4. The molecule has 0 radical (unpaired) electrons. The lowest BCUT2D eigenvalue weighted by Crippen LogP contribution is -2.33. The Morgan fingerprint density at radius 1 is 1.06 bits per heavy atom. The molecule has 0 saturated carbocycles. The molecule has 0 bridgehead atoms. The van der Waals surface area contributed by atoms with Gasteiger partial charge in [-0.3, -0.25) is 4.90 Å². The van der Waals surface area contributed by atoms with Crippen LogP contribution in [0.4, 0.5) is 13.2 Å². The molecule has 2 aromatic heterocycles. The van der Waals surface area contributed by atoms with Crippen LogP contribution in [0, 0.1) is 6.92 Å². The lowest BCUT2D eigenvalue weighted by molar-refractivity contribution is -0.142. The highest BCUT2D eigenvalue weighted by Gasteiger charge is 2.36. The molecule has 3 aromatic rings. The van der Waals surface area contributed by atoms with Crippen LogP contribution in [0.5, 0.6) is 11.5 Å². The minimum atomic E-state index is -4.52. The second kappa shape index (κ2) is 8.33. The van der Waals surface area contributed by atoms with Crippen LogP contribution in [0.1, 0.15) is 41.3 Å². The van der Waals surface area contributed by atoms with Crippen LogP contribution >= 0.6 is 0 Å². The Morgan fingerprint density at radius 2 is 1.74 bits per heavy atom. The predicted octanol–water partition coefficient (Wildman–Crippen LogP) is 3.85. The van der Waals surface area contributed by atoms with Crippen molar-refractivity contribution in [2.24, 2.45) is 0 Å². The van der Waals surface area contributed by atoms with E-state index in [2.05, 4.69) is 20.0 Å². The summed E-state index contributed by atoms with van der Waals surface area (Å²) in [6.45, 7) is 4.29. The molecule has 1 fully saturated rings. The number of benzene rings is 1. The number of aromatic nitrogens is 4. The van der Waals surface area contributed by atoms with Gasteiger partial charge < -0.3 is 9.47 Å². The highest BCUT2D eigenvalue weighted by atomic mass is 19.4. The van der Waals surface area contributed by atoms with Crippen LogP contribution in [0.15, 0.2) is 24.5 Å². The molecule has 3 heterocycles. The van der Waals surface area contributed by atoms with Gasteiger partial charge in [0.15, 0.2) is 17.2 Å². The molecule has 7 nitrogen and oxygen atoms in total. The largest absolute Gasteiger partial charge is 0.493 e. The van der Waals surface area contributed by atoms with Gasteiger partial charge in [0.2, 0.25) is 0 Å². The van der Waals surface area contributed by atoms with E-state index in [1.807, 2.05) is 19.1 Å². The Hall–Kier alpha value is -2.88. The molecule has 1 aliphatic rings. The van der Waals surface area contributed by atoms with Gasteiger partial charge in [-0.1, -0.05) is 0 Å². The third-order valence-corrected chi connectivity index (χ3v) is 5.80. The predicted molar refractivity (Wildman–Crippen MR) is 107 cm³/mol. The van der Waals surface area contributed by atoms with Crippen LogP contribution in [0.25, 0.3) is 5.78 Å². The third kappa shape index (κ3) is 4.30. The van der Waals surface area contributed by atoms with E-state index in [9.17, 15) is 13.2 Å². The third-order valence-electron chi connectivity index (χ3n) is 5.80. The van der Waals surface area contributed by atoms with Crippen LogP contribution in [-0.2, 0) is 12.7 Å². The fourth-order valence-corrected chi connectivity index (χ4v) is 4.06. The molecule has 31 heavy (non-hydrogen) atoms. The van der Waals surface area contributed by atoms with Gasteiger partial charge in [0, 0.05) is 18.2 Å². The van der Waals surface area contributed by atoms with E-state index in [0.717, 1.165) is 60.5 Å². The van der Waals surface area contributed by atoms with Crippen LogP contribution in [0.3, 0.4) is 0 Å². The van der Waals surface area contributed by atoms with E-state index in [0.29, 0.717) is 17.2 Å². The number of fused-ring (bicyclic) bond motifs is 1. The summed E-state index contributed by atoms with van der Waals surface area (Å²) in [5.41, 5.74) is 1.83. The number of aryl methyl sites for hydroxylation is 1. The smallest absolute Gasteiger partial charge is 0.433 e. The maximum atomic E-state index is 13.5. The number of ether oxygens (including phenoxy) is 2. The average Bonchev–Trinajstić information content (AvgIpc) is 3.22. The topological polar surface area (TPSA) is 64.8 Å². The number of piperidine rings is 1. The maximum absolute atomic E-state index is 13.5. The number of methoxy groups -OCH3 is 2. The van der Waals surface area contributed by atoms with Gasteiger partial charge in [-0.2, -0.15) is 27.8 Å². The Bertz CT molecular complexity index is 1070. The normalized spacial score (nSPS) is 16.1. The Morgan fingerprint density at radius 3 is 2.39 bits per heavy atom. The van der Waals surface area contributed by atoms with Crippen molar-refractivity contribution in [1.82, 2.24) is 24.5 Å². The van der Waals surface area contributed by atoms with Crippen molar-refractivity contribution in [1.29, 1.82) is 0 Å². The zero-order valence-electron chi connectivity index (χ0n) is 17.6. The molecule has 0 aliphatic carbocycles. The average molecular weight is 435 g/mol. The molecule has 4 rings (SSSR count). The summed E-state index contributed by atoms with van der Waals surface area (Å²) >= 11 is 0. The SMILES string of the molecule is COc1cc(C)c(CN2CCC(c3cc(C(F)(F)F)n4ncnc4n3)CC2)cc1OC. The lowest BCUT2D eigenvalue weighted by Gasteiger charge is -2.32. The summed E-state index contributed by atoms with van der Waals surface area (Å²) < 4.78 is 51.9.